The van der Waals surface area contributed by atoms with Crippen LogP contribution in [0.1, 0.15) is 27.8 Å². The first-order valence-electron chi connectivity index (χ1n) is 10.8. The molecular weight excluding hydrogens is 448 g/mol. The van der Waals surface area contributed by atoms with E-state index in [-0.39, 0.29) is 17.0 Å². The van der Waals surface area contributed by atoms with Crippen LogP contribution in [0.3, 0.4) is 0 Å². The van der Waals surface area contributed by atoms with Gasteiger partial charge in [0.15, 0.2) is 0 Å². The molecule has 0 amide bonds. The van der Waals surface area contributed by atoms with Crippen molar-refractivity contribution in [3.63, 3.8) is 0 Å². The van der Waals surface area contributed by atoms with Gasteiger partial charge in [0.1, 0.15) is 0 Å². The quantitative estimate of drug-likeness (QED) is 0.422. The lowest BCUT2D eigenvalue weighted by molar-refractivity contribution is 0.589. The molecule has 2 heterocycles. The minimum absolute atomic E-state index is 0.220. The van der Waals surface area contributed by atoms with Gasteiger partial charge in [0.25, 0.3) is 15.6 Å². The Balaban J connectivity index is 1.67. The first-order chi connectivity index (χ1) is 16.2. The average molecular weight is 471 g/mol. The summed E-state index contributed by atoms with van der Waals surface area (Å²) in [4.78, 5) is 13.2. The highest BCUT2D eigenvalue weighted by Crippen LogP contribution is 2.30. The van der Waals surface area contributed by atoms with Crippen molar-refractivity contribution in [2.45, 2.75) is 32.2 Å². The van der Waals surface area contributed by atoms with Gasteiger partial charge in [0, 0.05) is 11.6 Å². The number of nitriles is 1. The maximum Gasteiger partial charge on any atom is 0.274 e. The normalized spacial score (nSPS) is 11.8. The predicted octanol–water partition coefficient (Wildman–Crippen LogP) is 4.37. The molecular formula is C26H22N4O3S. The van der Waals surface area contributed by atoms with E-state index in [2.05, 4.69) is 11.2 Å². The molecule has 3 aromatic carbocycles. The van der Waals surface area contributed by atoms with Crippen molar-refractivity contribution < 1.29 is 8.42 Å². The Kier molecular flexibility index (Phi) is 4.95. The fraction of sp³-hybridized carbons (Fsp3) is 0.154. The van der Waals surface area contributed by atoms with Crippen LogP contribution in [0, 0.1) is 32.1 Å². The van der Waals surface area contributed by atoms with E-state index in [1.807, 2.05) is 26.8 Å². The summed E-state index contributed by atoms with van der Waals surface area (Å²) in [5.41, 5.74) is 5.05. The number of H-pyrrole nitrogens is 1. The summed E-state index contributed by atoms with van der Waals surface area (Å²) in [7, 11) is -3.79. The zero-order chi connectivity index (χ0) is 24.2. The number of aryl methyl sites for hydroxylation is 3. The van der Waals surface area contributed by atoms with Gasteiger partial charge in [-0.2, -0.15) is 5.26 Å². The second-order valence-corrected chi connectivity index (χ2v) is 10.4. The Morgan fingerprint density at radius 2 is 1.68 bits per heavy atom. The van der Waals surface area contributed by atoms with Crippen molar-refractivity contribution in [1.82, 2.24) is 13.8 Å². The number of nitrogens with zero attached hydrogens (tertiary/aromatic N) is 3. The zero-order valence-corrected chi connectivity index (χ0v) is 19.8. The average Bonchev–Trinajstić information content (AvgIpc) is 3.39. The highest BCUT2D eigenvalue weighted by atomic mass is 32.2. The van der Waals surface area contributed by atoms with Gasteiger partial charge in [-0.05, 0) is 73.9 Å². The Morgan fingerprint density at radius 3 is 2.38 bits per heavy atom. The molecule has 0 saturated carbocycles. The number of fused-ring (bicyclic) bond motifs is 2. The van der Waals surface area contributed by atoms with Crippen LogP contribution in [-0.4, -0.2) is 22.2 Å². The molecule has 0 fully saturated rings. The standard InChI is InChI=1S/C26H22N4O3S/c1-16-4-7-20(8-5-16)34(32,33)30-11-10-21-23(17(2)12-18(3)25(21)30)15-29-26(31)22-13-19(14-27)6-9-24(22)28-29/h4-13,28H,15H2,1-3H3. The molecule has 0 radical (unpaired) electrons. The SMILES string of the molecule is Cc1ccc(S(=O)(=O)n2ccc3c(Cn4[nH]c5ccc(C#N)cc5c4=O)c(C)cc(C)c32)cc1. The molecule has 0 aliphatic carbocycles. The molecule has 34 heavy (non-hydrogen) atoms. The summed E-state index contributed by atoms with van der Waals surface area (Å²) in [5, 5.41) is 13.5. The molecule has 5 aromatic rings. The van der Waals surface area contributed by atoms with E-state index >= 15 is 0 Å². The molecule has 170 valence electrons. The molecule has 0 atom stereocenters. The van der Waals surface area contributed by atoms with Crippen molar-refractivity contribution in [3.8, 4) is 6.07 Å². The lowest BCUT2D eigenvalue weighted by atomic mass is 10.0. The minimum Gasteiger partial charge on any atom is -0.295 e. The van der Waals surface area contributed by atoms with E-state index in [1.165, 1.54) is 8.65 Å². The molecule has 0 aliphatic heterocycles. The molecule has 0 bridgehead atoms. The lowest BCUT2D eigenvalue weighted by Gasteiger charge is -2.14. The van der Waals surface area contributed by atoms with E-state index in [0.717, 1.165) is 27.6 Å². The van der Waals surface area contributed by atoms with Crippen LogP contribution in [0.4, 0.5) is 0 Å². The van der Waals surface area contributed by atoms with E-state index in [0.29, 0.717) is 22.0 Å². The van der Waals surface area contributed by atoms with Crippen LogP contribution in [0.25, 0.3) is 21.8 Å². The molecule has 0 spiro atoms. The third kappa shape index (κ3) is 3.33. The molecule has 0 unspecified atom stereocenters. The molecule has 8 heteroatoms. The van der Waals surface area contributed by atoms with Crippen molar-refractivity contribution in [1.29, 1.82) is 5.26 Å². The van der Waals surface area contributed by atoms with Gasteiger partial charge in [-0.15, -0.1) is 0 Å². The van der Waals surface area contributed by atoms with Crippen LogP contribution >= 0.6 is 0 Å². The number of aromatic amines is 1. The molecule has 1 N–H and O–H groups in total. The third-order valence-corrected chi connectivity index (χ3v) is 7.92. The van der Waals surface area contributed by atoms with Gasteiger partial charge in [-0.25, -0.2) is 17.1 Å². The fourth-order valence-electron chi connectivity index (χ4n) is 4.47. The first-order valence-corrected chi connectivity index (χ1v) is 12.2. The van der Waals surface area contributed by atoms with Gasteiger partial charge < -0.3 is 0 Å². The van der Waals surface area contributed by atoms with E-state index in [9.17, 15) is 13.2 Å². The number of aromatic nitrogens is 3. The van der Waals surface area contributed by atoms with Crippen LogP contribution in [0.2, 0.25) is 0 Å². The van der Waals surface area contributed by atoms with Crippen LogP contribution in [0.5, 0.6) is 0 Å². The van der Waals surface area contributed by atoms with Crippen LogP contribution in [0.15, 0.2) is 70.5 Å². The van der Waals surface area contributed by atoms with Gasteiger partial charge >= 0.3 is 0 Å². The highest BCUT2D eigenvalue weighted by molar-refractivity contribution is 7.90. The highest BCUT2D eigenvalue weighted by Gasteiger charge is 2.22. The summed E-state index contributed by atoms with van der Waals surface area (Å²) in [6.07, 6.45) is 1.57. The van der Waals surface area contributed by atoms with Crippen molar-refractivity contribution >= 4 is 31.8 Å². The summed E-state index contributed by atoms with van der Waals surface area (Å²) >= 11 is 0. The smallest absolute Gasteiger partial charge is 0.274 e. The molecule has 5 rings (SSSR count). The summed E-state index contributed by atoms with van der Waals surface area (Å²) in [5.74, 6) is 0. The van der Waals surface area contributed by atoms with Crippen molar-refractivity contribution in [2.24, 2.45) is 0 Å². The van der Waals surface area contributed by atoms with Crippen LogP contribution in [-0.2, 0) is 16.6 Å². The van der Waals surface area contributed by atoms with Gasteiger partial charge in [-0.1, -0.05) is 23.8 Å². The second kappa shape index (κ2) is 7.75. The molecule has 0 aliphatic rings. The number of nitrogens with one attached hydrogen (secondary N) is 1. The lowest BCUT2D eigenvalue weighted by Crippen LogP contribution is -2.18. The van der Waals surface area contributed by atoms with Gasteiger partial charge in [0.2, 0.25) is 0 Å². The number of rotatable bonds is 4. The molecule has 7 nitrogen and oxygen atoms in total. The zero-order valence-electron chi connectivity index (χ0n) is 19.0. The largest absolute Gasteiger partial charge is 0.295 e. The van der Waals surface area contributed by atoms with Crippen LogP contribution < -0.4 is 5.56 Å². The monoisotopic (exact) mass is 470 g/mol. The topological polar surface area (TPSA) is 101 Å². The first kappa shape index (κ1) is 21.7. The number of benzene rings is 3. The second-order valence-electron chi connectivity index (χ2n) is 8.56. The Morgan fingerprint density at radius 1 is 0.941 bits per heavy atom. The third-order valence-electron chi connectivity index (χ3n) is 6.23. The summed E-state index contributed by atoms with van der Waals surface area (Å²) in [6, 6.07) is 17.5. The van der Waals surface area contributed by atoms with Gasteiger partial charge in [-0.3, -0.25) is 9.89 Å². The maximum absolute atomic E-state index is 13.4. The summed E-state index contributed by atoms with van der Waals surface area (Å²) in [6.45, 7) is 5.99. The van der Waals surface area contributed by atoms with E-state index < -0.39 is 10.0 Å². The Labute approximate surface area is 196 Å². The van der Waals surface area contributed by atoms with E-state index in [4.69, 9.17) is 5.26 Å². The predicted molar refractivity (Wildman–Crippen MR) is 132 cm³/mol. The van der Waals surface area contributed by atoms with Crippen molar-refractivity contribution in [3.05, 3.63) is 99.0 Å². The van der Waals surface area contributed by atoms with E-state index in [1.54, 1.807) is 54.7 Å². The fourth-order valence-corrected chi connectivity index (χ4v) is 5.88. The number of hydrogen-bond donors (Lipinski definition) is 1. The van der Waals surface area contributed by atoms with Gasteiger partial charge in [0.05, 0.1) is 39.5 Å². The maximum atomic E-state index is 13.4. The Bertz CT molecular complexity index is 1800. The minimum atomic E-state index is -3.79. The van der Waals surface area contributed by atoms with Crippen molar-refractivity contribution in [2.75, 3.05) is 0 Å². The number of hydrogen-bond acceptors (Lipinski definition) is 4. The molecule has 2 aromatic heterocycles. The molecule has 0 saturated heterocycles. The Hall–Kier alpha value is -4.09. The summed E-state index contributed by atoms with van der Waals surface area (Å²) < 4.78 is 29.7.